The molecule has 1 unspecified atom stereocenters. The minimum Gasteiger partial charge on any atom is -0.507 e. The van der Waals surface area contributed by atoms with Crippen LogP contribution in [0.1, 0.15) is 41.8 Å². The van der Waals surface area contributed by atoms with Gasteiger partial charge in [0.2, 0.25) is 0 Å². The Morgan fingerprint density at radius 3 is 2.64 bits per heavy atom. The van der Waals surface area contributed by atoms with Crippen molar-refractivity contribution in [3.8, 4) is 0 Å². The molecule has 5 rings (SSSR count). The van der Waals surface area contributed by atoms with Gasteiger partial charge in [-0.1, -0.05) is 61.1 Å². The fraction of sp³-hybridized carbons (Fsp3) is 0.160. The Bertz CT molecular complexity index is 1420. The fourth-order valence-electron chi connectivity index (χ4n) is 3.93. The smallest absolute Gasteiger partial charge is 0.301 e. The molecule has 1 aliphatic rings. The molecule has 4 aromatic rings. The molecule has 166 valence electrons. The zero-order valence-corrected chi connectivity index (χ0v) is 20.2. The normalized spacial score (nSPS) is 18.1. The second-order valence-electron chi connectivity index (χ2n) is 8.07. The molecule has 2 aromatic carbocycles. The molecule has 8 heteroatoms. The second kappa shape index (κ2) is 8.41. The molecule has 5 nitrogen and oxygen atoms in total. The number of hydrogen-bond acceptors (Lipinski definition) is 6. The van der Waals surface area contributed by atoms with Gasteiger partial charge in [-0.3, -0.25) is 14.5 Å². The average molecular weight is 495 g/mol. The molecule has 1 aliphatic heterocycles. The first-order valence-corrected chi connectivity index (χ1v) is 12.4. The lowest BCUT2D eigenvalue weighted by molar-refractivity contribution is -0.132. The number of hydrogen-bond donors (Lipinski definition) is 1. The number of aliphatic hydroxyl groups is 1. The van der Waals surface area contributed by atoms with Crippen LogP contribution in [0.5, 0.6) is 0 Å². The van der Waals surface area contributed by atoms with E-state index in [0.29, 0.717) is 21.6 Å². The highest BCUT2D eigenvalue weighted by atomic mass is 35.5. The monoisotopic (exact) mass is 494 g/mol. The second-order valence-corrected chi connectivity index (χ2v) is 10.5. The van der Waals surface area contributed by atoms with E-state index in [1.54, 1.807) is 24.3 Å². The summed E-state index contributed by atoms with van der Waals surface area (Å²) < 4.78 is 0.942. The molecule has 1 N–H and O–H groups in total. The number of aromatic nitrogens is 1. The van der Waals surface area contributed by atoms with Gasteiger partial charge in [0.25, 0.3) is 5.78 Å². The van der Waals surface area contributed by atoms with Crippen LogP contribution in [-0.2, 0) is 9.59 Å². The number of amides is 1. The third-order valence-electron chi connectivity index (χ3n) is 5.63. The molecular weight excluding hydrogens is 476 g/mol. The summed E-state index contributed by atoms with van der Waals surface area (Å²) in [6, 6.07) is 15.6. The molecule has 1 saturated heterocycles. The quantitative estimate of drug-likeness (QED) is 0.193. The van der Waals surface area contributed by atoms with E-state index in [1.165, 1.54) is 33.1 Å². The first-order valence-electron chi connectivity index (χ1n) is 10.4. The highest BCUT2D eigenvalue weighted by Crippen LogP contribution is 2.45. The number of fused-ring (bicyclic) bond motifs is 1. The highest BCUT2D eigenvalue weighted by Gasteiger charge is 2.48. The van der Waals surface area contributed by atoms with Gasteiger partial charge >= 0.3 is 5.91 Å². The number of Topliss-reactive ketones (excluding diaryl/α,β-unsaturated/α-hetero) is 1. The fourth-order valence-corrected chi connectivity index (χ4v) is 5.98. The number of aliphatic hydroxyl groups excluding tert-OH is 1. The number of carbonyl (C=O) groups is 2. The van der Waals surface area contributed by atoms with E-state index < -0.39 is 17.7 Å². The van der Waals surface area contributed by atoms with Crippen molar-refractivity contribution in [1.82, 2.24) is 4.98 Å². The number of carbonyl (C=O) groups excluding carboxylic acids is 2. The minimum absolute atomic E-state index is 0.0341. The van der Waals surface area contributed by atoms with Crippen LogP contribution in [0.4, 0.5) is 5.13 Å². The summed E-state index contributed by atoms with van der Waals surface area (Å²) in [6.07, 6.45) is 0. The maximum Gasteiger partial charge on any atom is 0.301 e. The van der Waals surface area contributed by atoms with Crippen LogP contribution >= 0.6 is 34.3 Å². The molecule has 0 aliphatic carbocycles. The maximum absolute atomic E-state index is 13.3. The zero-order chi connectivity index (χ0) is 23.3. The van der Waals surface area contributed by atoms with E-state index >= 15 is 0 Å². The summed E-state index contributed by atoms with van der Waals surface area (Å²) in [5.41, 5.74) is 2.36. The average Bonchev–Trinajstić information content (AvgIpc) is 3.51. The molecule has 0 spiro atoms. The van der Waals surface area contributed by atoms with Crippen LogP contribution in [0.25, 0.3) is 16.0 Å². The summed E-state index contributed by atoms with van der Waals surface area (Å²) in [5.74, 6) is -1.34. The van der Waals surface area contributed by atoms with E-state index in [9.17, 15) is 14.7 Å². The molecular formula is C25H19ClN2O3S2. The predicted molar refractivity (Wildman–Crippen MR) is 134 cm³/mol. The standard InChI is InChI=1S/C25H19ClN2O3S2/c1-13(2)14-8-9-17-19(12-14)33-25(27-17)28-21(18-7-4-10-32-18)20(23(30)24(28)31)22(29)15-5-3-6-16(26)11-15/h3-13,21,29H,1-2H3/b22-20+. The van der Waals surface area contributed by atoms with Crippen molar-refractivity contribution in [3.63, 3.8) is 0 Å². The topological polar surface area (TPSA) is 70.5 Å². The van der Waals surface area contributed by atoms with Gasteiger partial charge in [-0.15, -0.1) is 11.3 Å². The van der Waals surface area contributed by atoms with Crippen LogP contribution in [0.3, 0.4) is 0 Å². The molecule has 0 radical (unpaired) electrons. The van der Waals surface area contributed by atoms with Crippen molar-refractivity contribution in [2.75, 3.05) is 4.90 Å². The molecule has 3 heterocycles. The summed E-state index contributed by atoms with van der Waals surface area (Å²) >= 11 is 8.88. The number of nitrogens with zero attached hydrogens (tertiary/aromatic N) is 2. The number of rotatable bonds is 4. The highest BCUT2D eigenvalue weighted by molar-refractivity contribution is 7.22. The Balaban J connectivity index is 1.69. The first-order chi connectivity index (χ1) is 15.8. The number of anilines is 1. The Kier molecular flexibility index (Phi) is 5.56. The maximum atomic E-state index is 13.3. The van der Waals surface area contributed by atoms with Gasteiger partial charge in [0.1, 0.15) is 11.8 Å². The number of thiazole rings is 1. The van der Waals surface area contributed by atoms with E-state index in [2.05, 4.69) is 24.9 Å². The SMILES string of the molecule is CC(C)c1ccc2nc(N3C(=O)C(=O)/C(=C(/O)c4cccc(Cl)c4)C3c3cccs3)sc2c1. The van der Waals surface area contributed by atoms with Gasteiger partial charge in [-0.05, 0) is 47.2 Å². The Labute approximate surface area is 203 Å². The van der Waals surface area contributed by atoms with Crippen LogP contribution in [0.2, 0.25) is 5.02 Å². The molecule has 2 aromatic heterocycles. The largest absolute Gasteiger partial charge is 0.507 e. The van der Waals surface area contributed by atoms with Gasteiger partial charge in [-0.25, -0.2) is 4.98 Å². The zero-order valence-electron chi connectivity index (χ0n) is 17.8. The lowest BCUT2D eigenvalue weighted by Crippen LogP contribution is -2.28. The Morgan fingerprint density at radius 1 is 1.12 bits per heavy atom. The van der Waals surface area contributed by atoms with Crippen molar-refractivity contribution >= 4 is 67.1 Å². The molecule has 1 fully saturated rings. The van der Waals surface area contributed by atoms with Gasteiger partial charge in [0.15, 0.2) is 5.13 Å². The van der Waals surface area contributed by atoms with Gasteiger partial charge < -0.3 is 5.11 Å². The summed E-state index contributed by atoms with van der Waals surface area (Å²) in [6.45, 7) is 4.24. The van der Waals surface area contributed by atoms with Crippen LogP contribution in [0.15, 0.2) is 65.6 Å². The van der Waals surface area contributed by atoms with E-state index in [1.807, 2.05) is 29.6 Å². The molecule has 1 atom stereocenters. The molecule has 33 heavy (non-hydrogen) atoms. The number of halogens is 1. The molecule has 0 saturated carbocycles. The van der Waals surface area contributed by atoms with Crippen molar-refractivity contribution in [2.45, 2.75) is 25.8 Å². The van der Waals surface area contributed by atoms with Crippen molar-refractivity contribution < 1.29 is 14.7 Å². The first kappa shape index (κ1) is 21.8. The van der Waals surface area contributed by atoms with Crippen LogP contribution in [-0.4, -0.2) is 21.8 Å². The summed E-state index contributed by atoms with van der Waals surface area (Å²) in [4.78, 5) is 33.3. The van der Waals surface area contributed by atoms with E-state index in [0.717, 1.165) is 15.1 Å². The molecule has 0 bridgehead atoms. The lowest BCUT2D eigenvalue weighted by Gasteiger charge is -2.21. The van der Waals surface area contributed by atoms with Crippen molar-refractivity contribution in [2.24, 2.45) is 0 Å². The third kappa shape index (κ3) is 3.76. The predicted octanol–water partition coefficient (Wildman–Crippen LogP) is 6.76. The summed E-state index contributed by atoms with van der Waals surface area (Å²) in [5, 5.41) is 13.8. The summed E-state index contributed by atoms with van der Waals surface area (Å²) in [7, 11) is 0. The van der Waals surface area contributed by atoms with E-state index in [4.69, 9.17) is 11.6 Å². The number of ketones is 1. The minimum atomic E-state index is -0.769. The van der Waals surface area contributed by atoms with Gasteiger partial charge in [0, 0.05) is 15.5 Å². The number of thiophene rings is 1. The van der Waals surface area contributed by atoms with Gasteiger partial charge in [-0.2, -0.15) is 0 Å². The Morgan fingerprint density at radius 2 is 1.94 bits per heavy atom. The molecule has 1 amide bonds. The Hall–Kier alpha value is -3.00. The lowest BCUT2D eigenvalue weighted by atomic mass is 10.00. The van der Waals surface area contributed by atoms with Crippen molar-refractivity contribution in [3.05, 3.63) is 86.6 Å². The number of benzene rings is 2. The third-order valence-corrected chi connectivity index (χ3v) is 7.81. The van der Waals surface area contributed by atoms with Crippen LogP contribution in [0, 0.1) is 0 Å². The van der Waals surface area contributed by atoms with E-state index in [-0.39, 0.29) is 11.3 Å². The van der Waals surface area contributed by atoms with Crippen molar-refractivity contribution in [1.29, 1.82) is 0 Å². The van der Waals surface area contributed by atoms with Crippen LogP contribution < -0.4 is 4.90 Å². The van der Waals surface area contributed by atoms with Gasteiger partial charge in [0.05, 0.1) is 15.8 Å².